The lowest BCUT2D eigenvalue weighted by atomic mass is 9.96. The topological polar surface area (TPSA) is 57.2 Å². The van der Waals surface area contributed by atoms with Crippen molar-refractivity contribution in [2.45, 2.75) is 46.0 Å². The summed E-state index contributed by atoms with van der Waals surface area (Å²) in [4.78, 5) is 21.2. The van der Waals surface area contributed by atoms with Gasteiger partial charge in [-0.15, -0.1) is 0 Å². The molecule has 0 saturated carbocycles. The number of aliphatic imine (C=N–C) groups is 1. The Morgan fingerprint density at radius 3 is 2.36 bits per heavy atom. The number of hydrogen-bond acceptors (Lipinski definition) is 4. The van der Waals surface area contributed by atoms with Crippen molar-refractivity contribution in [1.29, 1.82) is 0 Å². The van der Waals surface area contributed by atoms with E-state index >= 15 is 0 Å². The van der Waals surface area contributed by atoms with Gasteiger partial charge >= 0.3 is 5.97 Å². The van der Waals surface area contributed by atoms with E-state index in [1.54, 1.807) is 0 Å². The maximum atomic E-state index is 11.9. The standard InChI is InChI=1S/C19H36N4O2/c1-4-10-22-11-6-16(7-12-22)15-21-19(20-3)23-13-8-17(9-14-23)18(24)25-5-2/h16-17H,4-15H2,1-3H3,(H,20,21). The molecule has 2 fully saturated rings. The van der Waals surface area contributed by atoms with Crippen molar-refractivity contribution in [3.8, 4) is 0 Å². The Bertz CT molecular complexity index is 425. The van der Waals surface area contributed by atoms with Crippen LogP contribution >= 0.6 is 0 Å². The lowest BCUT2D eigenvalue weighted by Crippen LogP contribution is -2.48. The molecule has 2 aliphatic rings. The van der Waals surface area contributed by atoms with Gasteiger partial charge in [-0.05, 0) is 64.6 Å². The molecule has 2 saturated heterocycles. The number of esters is 1. The van der Waals surface area contributed by atoms with E-state index in [2.05, 4.69) is 27.0 Å². The van der Waals surface area contributed by atoms with E-state index in [0.29, 0.717) is 6.61 Å². The van der Waals surface area contributed by atoms with Gasteiger partial charge in [0.05, 0.1) is 12.5 Å². The Kier molecular flexibility index (Phi) is 8.52. The summed E-state index contributed by atoms with van der Waals surface area (Å²) < 4.78 is 5.15. The summed E-state index contributed by atoms with van der Waals surface area (Å²) in [5, 5.41) is 3.57. The molecule has 0 spiro atoms. The third-order valence-electron chi connectivity index (χ3n) is 5.42. The third-order valence-corrected chi connectivity index (χ3v) is 5.42. The van der Waals surface area contributed by atoms with Crippen molar-refractivity contribution in [2.75, 3.05) is 52.9 Å². The van der Waals surface area contributed by atoms with Crippen LogP contribution in [-0.4, -0.2) is 74.7 Å². The minimum Gasteiger partial charge on any atom is -0.466 e. The smallest absolute Gasteiger partial charge is 0.309 e. The van der Waals surface area contributed by atoms with Crippen LogP contribution in [0.3, 0.4) is 0 Å². The molecule has 1 N–H and O–H groups in total. The van der Waals surface area contributed by atoms with Crippen molar-refractivity contribution < 1.29 is 9.53 Å². The Balaban J connectivity index is 1.70. The number of carbonyl (C=O) groups is 1. The van der Waals surface area contributed by atoms with Gasteiger partial charge < -0.3 is 19.9 Å². The van der Waals surface area contributed by atoms with Crippen LogP contribution < -0.4 is 5.32 Å². The first-order valence-corrected chi connectivity index (χ1v) is 10.0. The molecule has 0 aliphatic carbocycles. The Labute approximate surface area is 153 Å². The molecule has 0 aromatic carbocycles. The molecule has 0 amide bonds. The molecule has 25 heavy (non-hydrogen) atoms. The number of likely N-dealkylation sites (tertiary alicyclic amines) is 2. The highest BCUT2D eigenvalue weighted by atomic mass is 16.5. The molecule has 0 atom stereocenters. The monoisotopic (exact) mass is 352 g/mol. The van der Waals surface area contributed by atoms with Crippen molar-refractivity contribution in [1.82, 2.24) is 15.1 Å². The number of nitrogens with zero attached hydrogens (tertiary/aromatic N) is 3. The van der Waals surface area contributed by atoms with Crippen LogP contribution in [0.15, 0.2) is 4.99 Å². The maximum Gasteiger partial charge on any atom is 0.309 e. The van der Waals surface area contributed by atoms with E-state index < -0.39 is 0 Å². The van der Waals surface area contributed by atoms with E-state index in [4.69, 9.17) is 4.74 Å². The van der Waals surface area contributed by atoms with Crippen LogP contribution in [-0.2, 0) is 9.53 Å². The highest BCUT2D eigenvalue weighted by Gasteiger charge is 2.27. The molecule has 0 aromatic heterocycles. The summed E-state index contributed by atoms with van der Waals surface area (Å²) in [5.74, 6) is 1.74. The summed E-state index contributed by atoms with van der Waals surface area (Å²) >= 11 is 0. The SMILES string of the molecule is CCCN1CCC(CNC(=NC)N2CCC(C(=O)OCC)CC2)CC1. The molecule has 2 aliphatic heterocycles. The summed E-state index contributed by atoms with van der Waals surface area (Å²) in [6, 6.07) is 0. The van der Waals surface area contributed by atoms with Crippen LogP contribution in [0.5, 0.6) is 0 Å². The van der Waals surface area contributed by atoms with Gasteiger partial charge in [-0.25, -0.2) is 0 Å². The second-order valence-corrected chi connectivity index (χ2v) is 7.23. The first-order valence-electron chi connectivity index (χ1n) is 10.0. The number of piperidine rings is 2. The summed E-state index contributed by atoms with van der Waals surface area (Å²) in [5.41, 5.74) is 0. The predicted octanol–water partition coefficient (Wildman–Crippen LogP) is 1.96. The van der Waals surface area contributed by atoms with Crippen LogP contribution in [0.1, 0.15) is 46.0 Å². The van der Waals surface area contributed by atoms with E-state index in [1.165, 1.54) is 38.9 Å². The van der Waals surface area contributed by atoms with Crippen molar-refractivity contribution in [3.05, 3.63) is 0 Å². The first-order chi connectivity index (χ1) is 12.2. The number of carbonyl (C=O) groups excluding carboxylic acids is 1. The Morgan fingerprint density at radius 1 is 1.12 bits per heavy atom. The fraction of sp³-hybridized carbons (Fsp3) is 0.895. The van der Waals surface area contributed by atoms with Gasteiger partial charge in [0.15, 0.2) is 5.96 Å². The fourth-order valence-corrected chi connectivity index (χ4v) is 3.89. The second-order valence-electron chi connectivity index (χ2n) is 7.23. The molecule has 144 valence electrons. The average Bonchev–Trinajstić information content (AvgIpc) is 2.64. The molecule has 6 nitrogen and oxygen atoms in total. The average molecular weight is 353 g/mol. The van der Waals surface area contributed by atoms with Crippen molar-refractivity contribution in [2.24, 2.45) is 16.8 Å². The predicted molar refractivity (Wildman–Crippen MR) is 102 cm³/mol. The van der Waals surface area contributed by atoms with Crippen LogP contribution in [0.4, 0.5) is 0 Å². The van der Waals surface area contributed by atoms with Gasteiger partial charge in [0, 0.05) is 26.7 Å². The number of guanidine groups is 1. The van der Waals surface area contributed by atoms with Gasteiger partial charge in [-0.2, -0.15) is 0 Å². The Morgan fingerprint density at radius 2 is 1.80 bits per heavy atom. The maximum absolute atomic E-state index is 11.9. The zero-order valence-corrected chi connectivity index (χ0v) is 16.3. The molecule has 0 radical (unpaired) electrons. The van der Waals surface area contributed by atoms with Crippen LogP contribution in [0.2, 0.25) is 0 Å². The zero-order chi connectivity index (χ0) is 18.1. The van der Waals surface area contributed by atoms with Gasteiger partial charge in [-0.1, -0.05) is 6.92 Å². The number of rotatable bonds is 6. The summed E-state index contributed by atoms with van der Waals surface area (Å²) in [6.45, 7) is 11.0. The van der Waals surface area contributed by atoms with E-state index in [1.807, 2.05) is 14.0 Å². The lowest BCUT2D eigenvalue weighted by Gasteiger charge is -2.35. The lowest BCUT2D eigenvalue weighted by molar-refractivity contribution is -0.149. The highest BCUT2D eigenvalue weighted by molar-refractivity contribution is 5.80. The van der Waals surface area contributed by atoms with Gasteiger partial charge in [0.2, 0.25) is 0 Å². The molecule has 0 aromatic rings. The van der Waals surface area contributed by atoms with Gasteiger partial charge in [0.1, 0.15) is 0 Å². The van der Waals surface area contributed by atoms with E-state index in [9.17, 15) is 4.79 Å². The molecule has 2 rings (SSSR count). The molecule has 6 heteroatoms. The summed E-state index contributed by atoms with van der Waals surface area (Å²) in [7, 11) is 1.85. The fourth-order valence-electron chi connectivity index (χ4n) is 3.89. The van der Waals surface area contributed by atoms with E-state index in [-0.39, 0.29) is 11.9 Å². The highest BCUT2D eigenvalue weighted by Crippen LogP contribution is 2.20. The van der Waals surface area contributed by atoms with Gasteiger partial charge in [0.25, 0.3) is 0 Å². The number of ether oxygens (including phenoxy) is 1. The normalized spacial score (nSPS) is 21.4. The third kappa shape index (κ3) is 6.17. The second kappa shape index (κ2) is 10.6. The molecular formula is C19H36N4O2. The number of nitrogens with one attached hydrogen (secondary N) is 1. The minimum atomic E-state index is -0.0380. The largest absolute Gasteiger partial charge is 0.466 e. The molecule has 0 bridgehead atoms. The van der Waals surface area contributed by atoms with Crippen LogP contribution in [0, 0.1) is 11.8 Å². The quantitative estimate of drug-likeness (QED) is 0.450. The molecular weight excluding hydrogens is 316 g/mol. The first kappa shape index (κ1) is 20.0. The van der Waals surface area contributed by atoms with Crippen molar-refractivity contribution in [3.63, 3.8) is 0 Å². The number of hydrogen-bond donors (Lipinski definition) is 1. The summed E-state index contributed by atoms with van der Waals surface area (Å²) in [6.07, 6.45) is 5.51. The van der Waals surface area contributed by atoms with E-state index in [0.717, 1.165) is 44.4 Å². The van der Waals surface area contributed by atoms with Gasteiger partial charge in [-0.3, -0.25) is 9.79 Å². The minimum absolute atomic E-state index is 0.0380. The van der Waals surface area contributed by atoms with Crippen molar-refractivity contribution >= 4 is 11.9 Å². The Hall–Kier alpha value is -1.30. The molecule has 2 heterocycles. The molecule has 0 unspecified atom stereocenters. The zero-order valence-electron chi connectivity index (χ0n) is 16.3. The van der Waals surface area contributed by atoms with Crippen LogP contribution in [0.25, 0.3) is 0 Å².